The van der Waals surface area contributed by atoms with Crippen molar-refractivity contribution in [1.82, 2.24) is 14.8 Å². The van der Waals surface area contributed by atoms with Gasteiger partial charge in [-0.2, -0.15) is 0 Å². The fourth-order valence-corrected chi connectivity index (χ4v) is 4.23. The van der Waals surface area contributed by atoms with E-state index in [-0.39, 0.29) is 12.7 Å². The van der Waals surface area contributed by atoms with E-state index >= 15 is 0 Å². The minimum Gasteiger partial charge on any atom is -0.454 e. The number of hydrogen-bond donors (Lipinski definition) is 1. The molecule has 0 bridgehead atoms. The highest BCUT2D eigenvalue weighted by atomic mass is 32.2. The van der Waals surface area contributed by atoms with E-state index in [4.69, 9.17) is 13.9 Å². The van der Waals surface area contributed by atoms with E-state index in [0.717, 1.165) is 11.0 Å². The number of anilines is 1. The number of hydrogen-bond acceptors (Lipinski definition) is 7. The van der Waals surface area contributed by atoms with Crippen LogP contribution in [0.1, 0.15) is 6.92 Å². The number of aromatic nitrogens is 3. The Balaban J connectivity index is 1.35. The van der Waals surface area contributed by atoms with Gasteiger partial charge in [-0.3, -0.25) is 9.36 Å². The van der Waals surface area contributed by atoms with Crippen molar-refractivity contribution in [2.75, 3.05) is 12.1 Å². The number of benzene rings is 2. The predicted octanol–water partition coefficient (Wildman–Crippen LogP) is 4.73. The van der Waals surface area contributed by atoms with Gasteiger partial charge in [0, 0.05) is 23.7 Å². The largest absolute Gasteiger partial charge is 0.454 e. The minimum absolute atomic E-state index is 0.160. The fraction of sp³-hybridized carbons (Fsp3) is 0.174. The second-order valence-corrected chi connectivity index (χ2v) is 8.48. The van der Waals surface area contributed by atoms with Crippen molar-refractivity contribution in [1.29, 1.82) is 0 Å². The second-order valence-electron chi connectivity index (χ2n) is 7.17. The number of carbonyl (C=O) groups is 1. The second kappa shape index (κ2) is 8.43. The summed E-state index contributed by atoms with van der Waals surface area (Å²) in [5.74, 6) is 2.33. The summed E-state index contributed by atoms with van der Waals surface area (Å²) in [6.45, 7) is 6.33. The first kappa shape index (κ1) is 20.2. The Morgan fingerprint density at radius 3 is 2.91 bits per heavy atom. The zero-order valence-corrected chi connectivity index (χ0v) is 18.1. The molecule has 162 valence electrons. The maximum atomic E-state index is 12.8. The molecule has 8 nitrogen and oxygen atoms in total. The summed E-state index contributed by atoms with van der Waals surface area (Å²) >= 11 is 1.32. The summed E-state index contributed by atoms with van der Waals surface area (Å²) in [7, 11) is 0. The molecule has 5 rings (SSSR count). The van der Waals surface area contributed by atoms with Gasteiger partial charge in [-0.25, -0.2) is 0 Å². The maximum Gasteiger partial charge on any atom is 0.237 e. The normalized spacial score (nSPS) is 13.3. The van der Waals surface area contributed by atoms with Crippen LogP contribution in [0, 0.1) is 0 Å². The number of thioether (sulfide) groups is 1. The molecule has 1 aliphatic rings. The van der Waals surface area contributed by atoms with E-state index in [9.17, 15) is 4.79 Å². The Morgan fingerprint density at radius 2 is 2.06 bits per heavy atom. The van der Waals surface area contributed by atoms with Gasteiger partial charge in [-0.15, -0.1) is 16.8 Å². The van der Waals surface area contributed by atoms with E-state index < -0.39 is 5.25 Å². The quantitative estimate of drug-likeness (QED) is 0.323. The number of allylic oxidation sites excluding steroid dienone is 1. The number of nitrogens with zero attached hydrogens (tertiary/aromatic N) is 3. The Kier molecular flexibility index (Phi) is 5.32. The smallest absolute Gasteiger partial charge is 0.237 e. The Labute approximate surface area is 188 Å². The van der Waals surface area contributed by atoms with Crippen LogP contribution in [-0.4, -0.2) is 32.7 Å². The molecular weight excluding hydrogens is 428 g/mol. The highest BCUT2D eigenvalue weighted by Crippen LogP contribution is 2.35. The lowest BCUT2D eigenvalue weighted by Gasteiger charge is -2.13. The number of furan rings is 1. The molecule has 1 amide bonds. The topological polar surface area (TPSA) is 91.4 Å². The van der Waals surface area contributed by atoms with E-state index in [1.165, 1.54) is 11.8 Å². The molecule has 2 aromatic carbocycles. The van der Waals surface area contributed by atoms with E-state index in [1.54, 1.807) is 24.3 Å². The highest BCUT2D eigenvalue weighted by Gasteiger charge is 2.23. The molecule has 9 heteroatoms. The van der Waals surface area contributed by atoms with Crippen LogP contribution in [0.5, 0.6) is 11.5 Å². The average molecular weight is 449 g/mol. The maximum absolute atomic E-state index is 12.8. The summed E-state index contributed by atoms with van der Waals surface area (Å²) in [5, 5.41) is 12.7. The Morgan fingerprint density at radius 1 is 1.22 bits per heavy atom. The predicted molar refractivity (Wildman–Crippen MR) is 122 cm³/mol. The molecule has 2 aromatic heterocycles. The number of rotatable bonds is 7. The number of ether oxygens (including phenoxy) is 2. The van der Waals surface area contributed by atoms with Crippen LogP contribution < -0.4 is 14.8 Å². The van der Waals surface area contributed by atoms with Crippen LogP contribution in [-0.2, 0) is 11.3 Å². The van der Waals surface area contributed by atoms with E-state index in [1.807, 2.05) is 41.8 Å². The SMILES string of the molecule is C=CCn1c(S[C@H](C)C(=O)Nc2ccc3c(c2)OCO3)nnc1-c1cc2ccccc2o1. The minimum atomic E-state index is -0.420. The summed E-state index contributed by atoms with van der Waals surface area (Å²) in [6.07, 6.45) is 1.76. The van der Waals surface area contributed by atoms with Crippen molar-refractivity contribution in [2.24, 2.45) is 0 Å². The summed E-state index contributed by atoms with van der Waals surface area (Å²) in [4.78, 5) is 12.8. The molecule has 3 heterocycles. The Bertz CT molecular complexity index is 1280. The molecule has 0 aliphatic carbocycles. The van der Waals surface area contributed by atoms with Crippen molar-refractivity contribution < 1.29 is 18.7 Å². The standard InChI is InChI=1S/C23H20N4O4S/c1-3-10-27-21(20-11-15-6-4-5-7-17(15)31-20)25-26-23(27)32-14(2)22(28)24-16-8-9-18-19(12-16)30-13-29-18/h3-9,11-12,14H,1,10,13H2,2H3,(H,24,28)/t14-/m1/s1. The van der Waals surface area contributed by atoms with Gasteiger partial charge in [0.15, 0.2) is 22.4 Å². The first-order chi connectivity index (χ1) is 15.6. The zero-order chi connectivity index (χ0) is 22.1. The third-order valence-corrected chi connectivity index (χ3v) is 6.05. The summed E-state index contributed by atoms with van der Waals surface area (Å²) in [6, 6.07) is 15.0. The molecule has 32 heavy (non-hydrogen) atoms. The van der Waals surface area contributed by atoms with Gasteiger partial charge in [0.2, 0.25) is 18.5 Å². The average Bonchev–Trinajstić information content (AvgIpc) is 3.52. The molecule has 1 aliphatic heterocycles. The van der Waals surface area contributed by atoms with Crippen molar-refractivity contribution in [3.05, 3.63) is 61.2 Å². The van der Waals surface area contributed by atoms with Crippen LogP contribution >= 0.6 is 11.8 Å². The molecule has 0 saturated carbocycles. The first-order valence-electron chi connectivity index (χ1n) is 10.0. The molecule has 1 atom stereocenters. The van der Waals surface area contributed by atoms with Crippen LogP contribution in [0.3, 0.4) is 0 Å². The van der Waals surface area contributed by atoms with Crippen LogP contribution in [0.15, 0.2) is 70.8 Å². The van der Waals surface area contributed by atoms with Crippen LogP contribution in [0.25, 0.3) is 22.6 Å². The van der Waals surface area contributed by atoms with Gasteiger partial charge in [-0.05, 0) is 31.2 Å². The summed E-state index contributed by atoms with van der Waals surface area (Å²) < 4.78 is 18.5. The number of nitrogens with one attached hydrogen (secondary N) is 1. The fourth-order valence-electron chi connectivity index (χ4n) is 3.37. The molecule has 0 radical (unpaired) electrons. The molecule has 0 spiro atoms. The van der Waals surface area contributed by atoms with Crippen molar-refractivity contribution in [2.45, 2.75) is 23.9 Å². The lowest BCUT2D eigenvalue weighted by Crippen LogP contribution is -2.23. The molecule has 0 fully saturated rings. The molecule has 1 N–H and O–H groups in total. The summed E-state index contributed by atoms with van der Waals surface area (Å²) in [5.41, 5.74) is 1.42. The van der Waals surface area contributed by atoms with Gasteiger partial charge >= 0.3 is 0 Å². The number of amides is 1. The van der Waals surface area contributed by atoms with E-state index in [0.29, 0.717) is 40.5 Å². The number of fused-ring (bicyclic) bond motifs is 2. The number of carbonyl (C=O) groups excluding carboxylic acids is 1. The monoisotopic (exact) mass is 448 g/mol. The molecular formula is C23H20N4O4S. The number of para-hydroxylation sites is 1. The zero-order valence-electron chi connectivity index (χ0n) is 17.3. The van der Waals surface area contributed by atoms with E-state index in [2.05, 4.69) is 22.1 Å². The van der Waals surface area contributed by atoms with Crippen molar-refractivity contribution in [3.63, 3.8) is 0 Å². The van der Waals surface area contributed by atoms with Gasteiger partial charge in [0.05, 0.1) is 5.25 Å². The van der Waals surface area contributed by atoms with Crippen LogP contribution in [0.2, 0.25) is 0 Å². The molecule has 0 unspecified atom stereocenters. The van der Waals surface area contributed by atoms with Crippen molar-refractivity contribution >= 4 is 34.3 Å². The van der Waals surface area contributed by atoms with Crippen LogP contribution in [0.4, 0.5) is 5.69 Å². The van der Waals surface area contributed by atoms with Gasteiger partial charge in [0.25, 0.3) is 0 Å². The molecule has 4 aromatic rings. The van der Waals surface area contributed by atoms with Gasteiger partial charge < -0.3 is 19.2 Å². The highest BCUT2D eigenvalue weighted by molar-refractivity contribution is 8.00. The molecule has 0 saturated heterocycles. The van der Waals surface area contributed by atoms with Gasteiger partial charge in [0.1, 0.15) is 5.58 Å². The Hall–Kier alpha value is -3.72. The third kappa shape index (κ3) is 3.82. The lowest BCUT2D eigenvalue weighted by atomic mass is 10.2. The third-order valence-electron chi connectivity index (χ3n) is 4.97. The van der Waals surface area contributed by atoms with Crippen molar-refractivity contribution in [3.8, 4) is 23.1 Å². The lowest BCUT2D eigenvalue weighted by molar-refractivity contribution is -0.115. The van der Waals surface area contributed by atoms with Gasteiger partial charge in [-0.1, -0.05) is 36.0 Å². The first-order valence-corrected chi connectivity index (χ1v) is 10.9.